The first-order valence-corrected chi connectivity index (χ1v) is 9.59. The van der Waals surface area contributed by atoms with Gasteiger partial charge in [0.2, 0.25) is 10.0 Å². The fraction of sp³-hybridized carbons (Fsp3) is 0.667. The molecule has 7 nitrogen and oxygen atoms in total. The summed E-state index contributed by atoms with van der Waals surface area (Å²) in [5, 5.41) is 1.86. The topological polar surface area (TPSA) is 82.9 Å². The summed E-state index contributed by atoms with van der Waals surface area (Å²) in [5.74, 6) is -0.0792. The van der Waals surface area contributed by atoms with Gasteiger partial charge in [-0.15, -0.1) is 0 Å². The smallest absolute Gasteiger partial charge is 0.301 e. The Kier molecular flexibility index (Phi) is 4.74. The van der Waals surface area contributed by atoms with Gasteiger partial charge in [0, 0.05) is 32.2 Å². The molecule has 3 rings (SSSR count). The Morgan fingerprint density at radius 2 is 1.70 bits per heavy atom. The van der Waals surface area contributed by atoms with Gasteiger partial charge in [-0.25, -0.2) is 13.4 Å². The molecule has 0 bridgehead atoms. The van der Waals surface area contributed by atoms with E-state index in [0.29, 0.717) is 13.1 Å². The highest BCUT2D eigenvalue weighted by Gasteiger charge is 2.32. The van der Waals surface area contributed by atoms with E-state index in [-0.39, 0.29) is 16.4 Å². The maximum atomic E-state index is 12.6. The second-order valence-electron chi connectivity index (χ2n) is 6.13. The SMILES string of the molecule is Cc1oc(C(=O)NN2CCCCC2)cc1S(=O)(=O)N1CCCC1. The van der Waals surface area contributed by atoms with Crippen LogP contribution in [0.2, 0.25) is 0 Å². The number of hydrogen-bond acceptors (Lipinski definition) is 5. The van der Waals surface area contributed by atoms with Crippen molar-refractivity contribution >= 4 is 15.9 Å². The zero-order valence-corrected chi connectivity index (χ0v) is 14.2. The van der Waals surface area contributed by atoms with Crippen LogP contribution in [0.25, 0.3) is 0 Å². The molecular formula is C15H23N3O4S. The van der Waals surface area contributed by atoms with Gasteiger partial charge in [-0.05, 0) is 32.6 Å². The van der Waals surface area contributed by atoms with Gasteiger partial charge in [0.25, 0.3) is 0 Å². The van der Waals surface area contributed by atoms with Crippen molar-refractivity contribution in [1.29, 1.82) is 0 Å². The van der Waals surface area contributed by atoms with Crippen molar-refractivity contribution in [3.05, 3.63) is 17.6 Å². The van der Waals surface area contributed by atoms with Gasteiger partial charge < -0.3 is 4.42 Å². The van der Waals surface area contributed by atoms with Crippen LogP contribution >= 0.6 is 0 Å². The first-order valence-electron chi connectivity index (χ1n) is 8.15. The Hall–Kier alpha value is -1.38. The monoisotopic (exact) mass is 341 g/mol. The summed E-state index contributed by atoms with van der Waals surface area (Å²) < 4.78 is 32.1. The quantitative estimate of drug-likeness (QED) is 0.897. The number of carbonyl (C=O) groups is 1. The van der Waals surface area contributed by atoms with Gasteiger partial charge in [-0.3, -0.25) is 10.2 Å². The lowest BCUT2D eigenvalue weighted by Crippen LogP contribution is -2.44. The van der Waals surface area contributed by atoms with Crippen LogP contribution in [-0.2, 0) is 10.0 Å². The highest BCUT2D eigenvalue weighted by Crippen LogP contribution is 2.26. The molecule has 3 heterocycles. The summed E-state index contributed by atoms with van der Waals surface area (Å²) in [6, 6.07) is 1.35. The van der Waals surface area contributed by atoms with E-state index in [9.17, 15) is 13.2 Å². The second-order valence-corrected chi connectivity index (χ2v) is 8.04. The number of carbonyl (C=O) groups excluding carboxylic acids is 1. The van der Waals surface area contributed by atoms with Crippen LogP contribution in [0.3, 0.4) is 0 Å². The van der Waals surface area contributed by atoms with E-state index in [1.807, 2.05) is 5.01 Å². The molecule has 0 spiro atoms. The molecule has 0 saturated carbocycles. The van der Waals surface area contributed by atoms with E-state index < -0.39 is 15.9 Å². The molecule has 0 aromatic carbocycles. The maximum Gasteiger partial charge on any atom is 0.301 e. The van der Waals surface area contributed by atoms with Crippen molar-refractivity contribution in [3.8, 4) is 0 Å². The Morgan fingerprint density at radius 3 is 2.35 bits per heavy atom. The number of nitrogens with zero attached hydrogens (tertiary/aromatic N) is 2. The lowest BCUT2D eigenvalue weighted by atomic mass is 10.2. The highest BCUT2D eigenvalue weighted by atomic mass is 32.2. The van der Waals surface area contributed by atoms with Crippen molar-refractivity contribution in [2.75, 3.05) is 26.2 Å². The lowest BCUT2D eigenvalue weighted by Gasteiger charge is -2.26. The van der Waals surface area contributed by atoms with E-state index in [0.717, 1.165) is 38.8 Å². The largest absolute Gasteiger partial charge is 0.455 e. The molecule has 2 fully saturated rings. The summed E-state index contributed by atoms with van der Waals surface area (Å²) in [4.78, 5) is 12.4. The zero-order chi connectivity index (χ0) is 16.4. The molecule has 2 aliphatic heterocycles. The average molecular weight is 341 g/mol. The van der Waals surface area contributed by atoms with E-state index >= 15 is 0 Å². The fourth-order valence-corrected chi connectivity index (χ4v) is 4.78. The normalized spacial score (nSPS) is 20.7. The van der Waals surface area contributed by atoms with E-state index in [1.165, 1.54) is 16.8 Å². The van der Waals surface area contributed by atoms with Crippen molar-refractivity contribution in [3.63, 3.8) is 0 Å². The standard InChI is InChI=1S/C15H23N3O4S/c1-12-14(23(20,21)18-9-5-6-10-18)11-13(22-12)15(19)16-17-7-3-2-4-8-17/h11H,2-10H2,1H3,(H,16,19). The number of piperidine rings is 1. The predicted octanol–water partition coefficient (Wildman–Crippen LogP) is 1.50. The Balaban J connectivity index is 1.76. The molecule has 1 aromatic heterocycles. The molecule has 1 N–H and O–H groups in total. The summed E-state index contributed by atoms with van der Waals surface area (Å²) in [6.45, 7) is 4.26. The number of nitrogens with one attached hydrogen (secondary N) is 1. The van der Waals surface area contributed by atoms with Gasteiger partial charge in [0.1, 0.15) is 10.7 Å². The molecule has 2 saturated heterocycles. The third-order valence-electron chi connectivity index (χ3n) is 4.39. The molecule has 1 amide bonds. The zero-order valence-electron chi connectivity index (χ0n) is 13.4. The van der Waals surface area contributed by atoms with Crippen LogP contribution in [0.1, 0.15) is 48.4 Å². The van der Waals surface area contributed by atoms with Gasteiger partial charge >= 0.3 is 5.91 Å². The van der Waals surface area contributed by atoms with Crippen molar-refractivity contribution < 1.29 is 17.6 Å². The van der Waals surface area contributed by atoms with Gasteiger partial charge in [0.05, 0.1) is 0 Å². The minimum atomic E-state index is -3.57. The van der Waals surface area contributed by atoms with Gasteiger partial charge in [-0.2, -0.15) is 4.31 Å². The molecule has 0 atom stereocenters. The minimum Gasteiger partial charge on any atom is -0.455 e. The Labute approximate surface area is 136 Å². The molecule has 1 aromatic rings. The molecule has 2 aliphatic rings. The number of sulfonamides is 1. The number of amides is 1. The third kappa shape index (κ3) is 3.44. The highest BCUT2D eigenvalue weighted by molar-refractivity contribution is 7.89. The molecule has 0 radical (unpaired) electrons. The fourth-order valence-electron chi connectivity index (χ4n) is 3.11. The summed E-state index contributed by atoms with van der Waals surface area (Å²) in [6.07, 6.45) is 5.01. The number of furan rings is 1. The first kappa shape index (κ1) is 16.5. The second kappa shape index (κ2) is 6.62. The lowest BCUT2D eigenvalue weighted by molar-refractivity contribution is 0.0720. The van der Waals surface area contributed by atoms with E-state index in [1.54, 1.807) is 6.92 Å². The Bertz CT molecular complexity index is 671. The number of rotatable bonds is 4. The molecule has 23 heavy (non-hydrogen) atoms. The maximum absolute atomic E-state index is 12.6. The van der Waals surface area contributed by atoms with Crippen LogP contribution in [0, 0.1) is 6.92 Å². The van der Waals surface area contributed by atoms with Crippen molar-refractivity contribution in [1.82, 2.24) is 14.7 Å². The third-order valence-corrected chi connectivity index (χ3v) is 6.40. The number of hydrazine groups is 1. The molecule has 0 aliphatic carbocycles. The van der Waals surface area contributed by atoms with Crippen LogP contribution in [-0.4, -0.2) is 49.8 Å². The van der Waals surface area contributed by atoms with Crippen LogP contribution in [0.5, 0.6) is 0 Å². The Morgan fingerprint density at radius 1 is 1.09 bits per heavy atom. The van der Waals surface area contributed by atoms with Crippen molar-refractivity contribution in [2.24, 2.45) is 0 Å². The molecular weight excluding hydrogens is 318 g/mol. The minimum absolute atomic E-state index is 0.0471. The summed E-state index contributed by atoms with van der Waals surface area (Å²) >= 11 is 0. The van der Waals surface area contributed by atoms with Crippen LogP contribution < -0.4 is 5.43 Å². The molecule has 8 heteroatoms. The molecule has 128 valence electrons. The predicted molar refractivity (Wildman–Crippen MR) is 84.3 cm³/mol. The average Bonchev–Trinajstić information content (AvgIpc) is 3.18. The summed E-state index contributed by atoms with van der Waals surface area (Å²) in [7, 11) is -3.57. The van der Waals surface area contributed by atoms with Crippen LogP contribution in [0.15, 0.2) is 15.4 Å². The number of aryl methyl sites for hydroxylation is 1. The van der Waals surface area contributed by atoms with Crippen LogP contribution in [0.4, 0.5) is 0 Å². The first-order chi connectivity index (χ1) is 11.0. The molecule has 0 unspecified atom stereocenters. The number of hydrogen-bond donors (Lipinski definition) is 1. The van der Waals surface area contributed by atoms with E-state index in [4.69, 9.17) is 4.42 Å². The summed E-state index contributed by atoms with van der Waals surface area (Å²) in [5.41, 5.74) is 2.79. The van der Waals surface area contributed by atoms with E-state index in [2.05, 4.69) is 5.43 Å². The van der Waals surface area contributed by atoms with Crippen molar-refractivity contribution in [2.45, 2.75) is 43.9 Å². The van der Waals surface area contributed by atoms with Gasteiger partial charge in [0.15, 0.2) is 5.76 Å². The van der Waals surface area contributed by atoms with Gasteiger partial charge in [-0.1, -0.05) is 6.42 Å².